The van der Waals surface area contributed by atoms with Crippen LogP contribution in [-0.2, 0) is 19.6 Å². The molecule has 184 valence electrons. The second-order valence-corrected chi connectivity index (χ2v) is 10.3. The molecular formula is C21H23Cl3N4O5S. The minimum Gasteiger partial charge on any atom is -0.379 e. The summed E-state index contributed by atoms with van der Waals surface area (Å²) in [4.78, 5) is 12.8. The molecule has 0 saturated carbocycles. The first-order valence-electron chi connectivity index (χ1n) is 10.1. The van der Waals surface area contributed by atoms with Crippen molar-refractivity contribution in [3.05, 3.63) is 63.1 Å². The zero-order valence-corrected chi connectivity index (χ0v) is 21.2. The summed E-state index contributed by atoms with van der Waals surface area (Å²) in [6, 6.07) is 12.6. The quantitative estimate of drug-likeness (QED) is 0.558. The van der Waals surface area contributed by atoms with Crippen LogP contribution in [0.3, 0.4) is 0 Å². The topological polar surface area (TPSA) is 112 Å². The first-order valence-corrected chi connectivity index (χ1v) is 13.1. The molecule has 9 nitrogen and oxygen atoms in total. The average molecular weight is 550 g/mol. The van der Waals surface area contributed by atoms with Crippen molar-refractivity contribution in [1.29, 1.82) is 0 Å². The normalized spacial score (nSPS) is 18.7. The van der Waals surface area contributed by atoms with Crippen molar-refractivity contribution < 1.29 is 22.5 Å². The second-order valence-electron chi connectivity index (χ2n) is 7.53. The summed E-state index contributed by atoms with van der Waals surface area (Å²) in [6.45, 7) is 2.47. The maximum Gasteiger partial charge on any atom is 0.281 e. The predicted molar refractivity (Wildman–Crippen MR) is 133 cm³/mol. The van der Waals surface area contributed by atoms with Gasteiger partial charge in [0.2, 0.25) is 0 Å². The number of carbonyl (C=O) groups is 1. The summed E-state index contributed by atoms with van der Waals surface area (Å²) in [7, 11) is -3.67. The van der Waals surface area contributed by atoms with E-state index in [2.05, 4.69) is 10.5 Å². The van der Waals surface area contributed by atoms with E-state index >= 15 is 0 Å². The van der Waals surface area contributed by atoms with Gasteiger partial charge in [-0.2, -0.15) is 13.5 Å². The Morgan fingerprint density at radius 2 is 1.68 bits per heavy atom. The van der Waals surface area contributed by atoms with Crippen LogP contribution in [0.15, 0.2) is 47.6 Å². The van der Waals surface area contributed by atoms with E-state index in [1.807, 2.05) is 29.3 Å². The number of hydrazone groups is 1. The van der Waals surface area contributed by atoms with Crippen LogP contribution in [0.2, 0.25) is 15.1 Å². The molecule has 2 aliphatic rings. The van der Waals surface area contributed by atoms with E-state index in [4.69, 9.17) is 44.1 Å². The van der Waals surface area contributed by atoms with Crippen LogP contribution >= 0.6 is 34.8 Å². The van der Waals surface area contributed by atoms with Gasteiger partial charge in [0.15, 0.2) is 0 Å². The molecule has 0 radical (unpaired) electrons. The summed E-state index contributed by atoms with van der Waals surface area (Å²) in [5.74, 6) is -0.224. The smallest absolute Gasteiger partial charge is 0.281 e. The fourth-order valence-corrected chi connectivity index (χ4v) is 3.99. The first kappa shape index (κ1) is 26.7. The Labute approximate surface area is 212 Å². The number of amides is 1. The Morgan fingerprint density at radius 1 is 1.09 bits per heavy atom. The van der Waals surface area contributed by atoms with Gasteiger partial charge in [-0.3, -0.25) is 19.8 Å². The number of nitrogens with one attached hydrogen (secondary N) is 1. The second kappa shape index (κ2) is 11.7. The van der Waals surface area contributed by atoms with Crippen molar-refractivity contribution in [2.45, 2.75) is 12.5 Å². The highest BCUT2D eigenvalue weighted by Gasteiger charge is 2.34. The molecule has 1 saturated heterocycles. The summed E-state index contributed by atoms with van der Waals surface area (Å²) in [5.41, 5.74) is 5.02. The zero-order chi connectivity index (χ0) is 24.9. The number of hydrogen-bond donors (Lipinski definition) is 2. The van der Waals surface area contributed by atoms with Crippen molar-refractivity contribution in [2.75, 3.05) is 37.6 Å². The number of ether oxygens (including phenoxy) is 1. The number of hydrazine groups is 1. The van der Waals surface area contributed by atoms with E-state index in [0.29, 0.717) is 65.4 Å². The Morgan fingerprint density at radius 3 is 2.26 bits per heavy atom. The van der Waals surface area contributed by atoms with Gasteiger partial charge in [0.1, 0.15) is 5.71 Å². The monoisotopic (exact) mass is 548 g/mol. The number of rotatable bonds is 4. The van der Waals surface area contributed by atoms with E-state index in [1.165, 1.54) is 0 Å². The molecule has 0 bridgehead atoms. The van der Waals surface area contributed by atoms with Crippen LogP contribution in [-0.4, -0.2) is 62.2 Å². The molecule has 2 aliphatic heterocycles. The molecule has 0 spiro atoms. The molecule has 2 N–H and O–H groups in total. The Kier molecular flexibility index (Phi) is 9.16. The lowest BCUT2D eigenvalue weighted by atomic mass is 10.0. The minimum absolute atomic E-state index is 0.184. The third kappa shape index (κ3) is 7.81. The van der Waals surface area contributed by atoms with Gasteiger partial charge in [0.25, 0.3) is 16.0 Å². The molecule has 2 aromatic carbocycles. The van der Waals surface area contributed by atoms with Gasteiger partial charge in [-0.05, 0) is 35.9 Å². The van der Waals surface area contributed by atoms with Gasteiger partial charge in [-0.25, -0.2) is 5.01 Å². The lowest BCUT2D eigenvalue weighted by Gasteiger charge is -2.26. The van der Waals surface area contributed by atoms with Crippen LogP contribution in [0.25, 0.3) is 0 Å². The molecule has 2 aromatic rings. The molecule has 0 aromatic heterocycles. The molecule has 13 heteroatoms. The molecule has 1 atom stereocenters. The highest BCUT2D eigenvalue weighted by molar-refractivity contribution is 7.85. The van der Waals surface area contributed by atoms with Crippen molar-refractivity contribution >= 4 is 62.2 Å². The lowest BCUT2D eigenvalue weighted by molar-refractivity contribution is -0.121. The fourth-order valence-electron chi connectivity index (χ4n) is 3.36. The van der Waals surface area contributed by atoms with Crippen LogP contribution < -0.4 is 10.4 Å². The number of carbonyl (C=O) groups excluding carboxylic acids is 1. The Bertz CT molecular complexity index is 1150. The Balaban J connectivity index is 0.000000588. The van der Waals surface area contributed by atoms with E-state index in [1.54, 1.807) is 23.2 Å². The number of anilines is 1. The maximum absolute atomic E-state index is 12.8. The van der Waals surface area contributed by atoms with Crippen LogP contribution in [0.5, 0.6) is 0 Å². The number of hydrogen-bond acceptors (Lipinski definition) is 7. The summed E-state index contributed by atoms with van der Waals surface area (Å²) in [6.07, 6.45) is 1.16. The highest BCUT2D eigenvalue weighted by atomic mass is 35.5. The van der Waals surface area contributed by atoms with Crippen molar-refractivity contribution in [2.24, 2.45) is 5.10 Å². The third-order valence-corrected chi connectivity index (χ3v) is 5.64. The molecule has 1 unspecified atom stereocenters. The SMILES string of the molecule is CS(=O)(=O)O.O=C(NN1CCOCC1)C1=NN(c2ccc(Cl)cc2Cl)C(c2ccc(Cl)cc2)C1. The molecule has 4 rings (SSSR count). The summed E-state index contributed by atoms with van der Waals surface area (Å²) in [5, 5.41) is 9.89. The number of benzene rings is 2. The minimum atomic E-state index is -3.67. The summed E-state index contributed by atoms with van der Waals surface area (Å²) < 4.78 is 31.2. The van der Waals surface area contributed by atoms with Gasteiger partial charge >= 0.3 is 0 Å². The molecule has 1 fully saturated rings. The van der Waals surface area contributed by atoms with Gasteiger partial charge in [0, 0.05) is 29.6 Å². The molecule has 34 heavy (non-hydrogen) atoms. The molecule has 1 amide bonds. The van der Waals surface area contributed by atoms with Crippen molar-refractivity contribution in [1.82, 2.24) is 10.4 Å². The highest BCUT2D eigenvalue weighted by Crippen LogP contribution is 2.39. The van der Waals surface area contributed by atoms with E-state index in [-0.39, 0.29) is 11.9 Å². The van der Waals surface area contributed by atoms with Crippen LogP contribution in [0, 0.1) is 0 Å². The molecular weight excluding hydrogens is 527 g/mol. The first-order chi connectivity index (χ1) is 16.0. The molecule has 2 heterocycles. The molecule has 0 aliphatic carbocycles. The number of morpholine rings is 1. The van der Waals surface area contributed by atoms with Crippen molar-refractivity contribution in [3.63, 3.8) is 0 Å². The van der Waals surface area contributed by atoms with Crippen LogP contribution in [0.4, 0.5) is 5.69 Å². The van der Waals surface area contributed by atoms with E-state index < -0.39 is 10.1 Å². The Hall–Kier alpha value is -1.92. The summed E-state index contributed by atoms with van der Waals surface area (Å²) >= 11 is 18.5. The van der Waals surface area contributed by atoms with E-state index in [9.17, 15) is 13.2 Å². The van der Waals surface area contributed by atoms with Gasteiger partial charge in [-0.15, -0.1) is 0 Å². The average Bonchev–Trinajstić information content (AvgIpc) is 3.19. The lowest BCUT2D eigenvalue weighted by Crippen LogP contribution is -2.50. The van der Waals surface area contributed by atoms with Gasteiger partial charge in [0.05, 0.1) is 36.2 Å². The van der Waals surface area contributed by atoms with Crippen molar-refractivity contribution in [3.8, 4) is 0 Å². The zero-order valence-electron chi connectivity index (χ0n) is 18.1. The number of halogens is 3. The number of nitrogens with zero attached hydrogens (tertiary/aromatic N) is 3. The van der Waals surface area contributed by atoms with Crippen LogP contribution in [0.1, 0.15) is 18.0 Å². The standard InChI is InChI=1S/C20H19Cl3N4O2.CH4O3S/c21-14-3-1-13(2-4-14)19-12-17(20(28)25-26-7-9-29-10-8-26)24-27(19)18-6-5-15(22)11-16(18)23;1-5(2,3)4/h1-6,11,19H,7-10,12H2,(H,25,28);1H3,(H,2,3,4). The fraction of sp³-hybridized carbons (Fsp3) is 0.333. The van der Waals surface area contributed by atoms with Gasteiger partial charge < -0.3 is 4.74 Å². The largest absolute Gasteiger partial charge is 0.379 e. The third-order valence-electron chi connectivity index (χ3n) is 4.85. The maximum atomic E-state index is 12.8. The predicted octanol–water partition coefficient (Wildman–Crippen LogP) is 3.82. The van der Waals surface area contributed by atoms with Gasteiger partial charge in [-0.1, -0.05) is 46.9 Å². The van der Waals surface area contributed by atoms with E-state index in [0.717, 1.165) is 5.56 Å².